The predicted molar refractivity (Wildman–Crippen MR) is 138 cm³/mol. The number of nitrogens with one attached hydrogen (secondary N) is 1. The number of hydrogen-bond donors (Lipinski definition) is 2. The molecule has 190 valence electrons. The molecule has 1 aliphatic rings. The molecule has 10 heteroatoms. The minimum atomic E-state index is -4.17. The monoisotopic (exact) mass is 509 g/mol. The quantitative estimate of drug-likeness (QED) is 0.471. The van der Waals surface area contributed by atoms with E-state index in [2.05, 4.69) is 22.2 Å². The highest BCUT2D eigenvalue weighted by Gasteiger charge is 2.40. The van der Waals surface area contributed by atoms with E-state index >= 15 is 0 Å². The predicted octanol–water partition coefficient (Wildman–Crippen LogP) is 3.65. The van der Waals surface area contributed by atoms with E-state index < -0.39 is 15.7 Å². The molecule has 9 nitrogen and oxygen atoms in total. The molecule has 1 fully saturated rings. The van der Waals surface area contributed by atoms with Gasteiger partial charge >= 0.3 is 0 Å². The molecule has 1 atom stereocenters. The van der Waals surface area contributed by atoms with E-state index in [1.165, 1.54) is 18.3 Å². The van der Waals surface area contributed by atoms with Crippen LogP contribution in [0.25, 0.3) is 0 Å². The Balaban J connectivity index is 1.67. The maximum absolute atomic E-state index is 13.7. The van der Waals surface area contributed by atoms with Gasteiger partial charge in [0.25, 0.3) is 5.91 Å². The Morgan fingerprint density at radius 3 is 2.53 bits per heavy atom. The summed E-state index contributed by atoms with van der Waals surface area (Å²) in [5, 5.41) is 2.96. The molecule has 1 amide bonds. The maximum Gasteiger partial charge on any atom is 0.253 e. The zero-order valence-corrected chi connectivity index (χ0v) is 21.7. The average molecular weight is 510 g/mol. The first-order valence-corrected chi connectivity index (χ1v) is 13.2. The molecule has 0 aliphatic carbocycles. The average Bonchev–Trinajstić information content (AvgIpc) is 3.14. The topological polar surface area (TPSA) is 128 Å². The molecule has 1 aromatic carbocycles. The fourth-order valence-electron chi connectivity index (χ4n) is 4.76. The van der Waals surface area contributed by atoms with Crippen molar-refractivity contribution >= 4 is 27.4 Å². The minimum Gasteiger partial charge on any atom is -0.497 e. The number of pyridine rings is 2. The van der Waals surface area contributed by atoms with Crippen LogP contribution in [-0.2, 0) is 16.4 Å². The molecular formula is C26H31N5O4S. The number of amides is 1. The fourth-order valence-corrected chi connectivity index (χ4v) is 6.17. The number of carbonyl (C=O) groups excluding carboxylic acids is 1. The number of nitrogens with two attached hydrogens (primary N) is 1. The van der Waals surface area contributed by atoms with Crippen LogP contribution in [0.15, 0.2) is 64.6 Å². The van der Waals surface area contributed by atoms with E-state index in [4.69, 9.17) is 10.5 Å². The van der Waals surface area contributed by atoms with Gasteiger partial charge in [-0.3, -0.25) is 4.79 Å². The molecule has 4 rings (SSSR count). The van der Waals surface area contributed by atoms with Crippen molar-refractivity contribution in [3.05, 3.63) is 65.9 Å². The summed E-state index contributed by atoms with van der Waals surface area (Å²) in [7, 11) is -2.56. The summed E-state index contributed by atoms with van der Waals surface area (Å²) in [6.07, 6.45) is 2.28. The number of aromatic nitrogens is 2. The smallest absolute Gasteiger partial charge is 0.253 e. The maximum atomic E-state index is 13.7. The molecule has 1 aliphatic heterocycles. The van der Waals surface area contributed by atoms with Crippen LogP contribution in [0.1, 0.15) is 43.1 Å². The number of benzene rings is 1. The van der Waals surface area contributed by atoms with Crippen molar-refractivity contribution in [2.75, 3.05) is 23.9 Å². The summed E-state index contributed by atoms with van der Waals surface area (Å²) in [6.45, 7) is 7.29. The molecule has 0 bridgehead atoms. The van der Waals surface area contributed by atoms with Crippen LogP contribution in [0, 0.1) is 5.92 Å². The Bertz CT molecular complexity index is 1370. The van der Waals surface area contributed by atoms with Gasteiger partial charge in [0.2, 0.25) is 9.84 Å². The van der Waals surface area contributed by atoms with Crippen LogP contribution in [0.2, 0.25) is 0 Å². The SMILES string of the molecule is COc1ccc(CNc2cccc(S(=O)(=O)c3ccnc(N4CC(C)CC4(C)C)c3C(N)=O)n2)cc1. The Morgan fingerprint density at radius 2 is 1.92 bits per heavy atom. The standard InChI is InChI=1S/C26H31N5O4S/c1-17-14-26(2,3)31(16-17)25-23(24(27)32)20(12-13-28-25)36(33,34)22-7-5-6-21(30-22)29-15-18-8-10-19(35-4)11-9-18/h5-13,17H,14-16H2,1-4H3,(H2,27,32)(H,29,30). The molecule has 36 heavy (non-hydrogen) atoms. The van der Waals surface area contributed by atoms with E-state index in [1.807, 2.05) is 43.0 Å². The van der Waals surface area contributed by atoms with Gasteiger partial charge in [0, 0.05) is 24.8 Å². The zero-order chi connectivity index (χ0) is 26.1. The highest BCUT2D eigenvalue weighted by atomic mass is 32.2. The van der Waals surface area contributed by atoms with Crippen LogP contribution in [0.3, 0.4) is 0 Å². The number of primary amides is 1. The van der Waals surface area contributed by atoms with Crippen molar-refractivity contribution in [1.29, 1.82) is 0 Å². The number of nitrogens with zero attached hydrogens (tertiary/aromatic N) is 3. The lowest BCUT2D eigenvalue weighted by Gasteiger charge is -2.33. The molecule has 0 spiro atoms. The molecule has 1 saturated heterocycles. The van der Waals surface area contributed by atoms with Gasteiger partial charge in [0.15, 0.2) is 5.03 Å². The fraction of sp³-hybridized carbons (Fsp3) is 0.346. The van der Waals surface area contributed by atoms with Crippen LogP contribution in [-0.4, -0.2) is 43.5 Å². The van der Waals surface area contributed by atoms with Crippen molar-refractivity contribution in [3.8, 4) is 5.75 Å². The van der Waals surface area contributed by atoms with Crippen LogP contribution in [0.4, 0.5) is 11.6 Å². The van der Waals surface area contributed by atoms with Gasteiger partial charge in [-0.1, -0.05) is 25.1 Å². The largest absolute Gasteiger partial charge is 0.497 e. The molecule has 1 unspecified atom stereocenters. The van der Waals surface area contributed by atoms with Gasteiger partial charge in [-0.25, -0.2) is 18.4 Å². The van der Waals surface area contributed by atoms with Crippen molar-refractivity contribution in [1.82, 2.24) is 9.97 Å². The zero-order valence-electron chi connectivity index (χ0n) is 20.9. The summed E-state index contributed by atoms with van der Waals surface area (Å²) in [5.41, 5.74) is 6.29. The lowest BCUT2D eigenvalue weighted by atomic mass is 9.97. The van der Waals surface area contributed by atoms with Crippen LogP contribution in [0.5, 0.6) is 5.75 Å². The second-order valence-corrected chi connectivity index (χ2v) is 11.5. The van der Waals surface area contributed by atoms with Gasteiger partial charge in [-0.05, 0) is 62.1 Å². The van der Waals surface area contributed by atoms with E-state index in [-0.39, 0.29) is 26.8 Å². The lowest BCUT2D eigenvalue weighted by Crippen LogP contribution is -2.40. The molecule has 0 radical (unpaired) electrons. The van der Waals surface area contributed by atoms with Gasteiger partial charge < -0.3 is 20.7 Å². The van der Waals surface area contributed by atoms with Crippen molar-refractivity contribution in [3.63, 3.8) is 0 Å². The third-order valence-corrected chi connectivity index (χ3v) is 8.09. The Kier molecular flexibility index (Phi) is 6.90. The highest BCUT2D eigenvalue weighted by molar-refractivity contribution is 7.91. The number of ether oxygens (including phenoxy) is 1. The van der Waals surface area contributed by atoms with Gasteiger partial charge in [0.05, 0.1) is 12.0 Å². The highest BCUT2D eigenvalue weighted by Crippen LogP contribution is 2.39. The van der Waals surface area contributed by atoms with Crippen molar-refractivity contribution in [2.24, 2.45) is 11.7 Å². The van der Waals surface area contributed by atoms with Gasteiger partial charge in [0.1, 0.15) is 22.9 Å². The molecule has 2 aromatic heterocycles. The van der Waals surface area contributed by atoms with Crippen LogP contribution >= 0.6 is 0 Å². The first kappa shape index (κ1) is 25.4. The van der Waals surface area contributed by atoms with Crippen molar-refractivity contribution in [2.45, 2.75) is 49.2 Å². The van der Waals surface area contributed by atoms with Gasteiger partial charge in [-0.15, -0.1) is 0 Å². The number of anilines is 2. The van der Waals surface area contributed by atoms with E-state index in [0.29, 0.717) is 24.8 Å². The number of methoxy groups -OCH3 is 1. The first-order chi connectivity index (χ1) is 17.0. The normalized spacial score (nSPS) is 17.1. The Morgan fingerprint density at radius 1 is 1.19 bits per heavy atom. The Labute approximate surface area is 211 Å². The molecule has 3 aromatic rings. The summed E-state index contributed by atoms with van der Waals surface area (Å²) in [4.78, 5) is 23.1. The van der Waals surface area contributed by atoms with Crippen LogP contribution < -0.4 is 20.7 Å². The first-order valence-electron chi connectivity index (χ1n) is 11.7. The van der Waals surface area contributed by atoms with E-state index in [0.717, 1.165) is 17.7 Å². The third-order valence-electron chi connectivity index (χ3n) is 6.39. The van der Waals surface area contributed by atoms with E-state index in [1.54, 1.807) is 19.2 Å². The lowest BCUT2D eigenvalue weighted by molar-refractivity contribution is 0.0997. The second-order valence-electron chi connectivity index (χ2n) is 9.67. The molecule has 3 heterocycles. The second kappa shape index (κ2) is 9.77. The van der Waals surface area contributed by atoms with Crippen molar-refractivity contribution < 1.29 is 17.9 Å². The third kappa shape index (κ3) is 4.99. The number of hydrogen-bond acceptors (Lipinski definition) is 8. The number of rotatable bonds is 8. The number of carbonyl (C=O) groups is 1. The molecule has 3 N–H and O–H groups in total. The summed E-state index contributed by atoms with van der Waals surface area (Å²) < 4.78 is 32.6. The number of sulfone groups is 1. The van der Waals surface area contributed by atoms with Gasteiger partial charge in [-0.2, -0.15) is 0 Å². The van der Waals surface area contributed by atoms with E-state index in [9.17, 15) is 13.2 Å². The Hall–Kier alpha value is -3.66. The minimum absolute atomic E-state index is 0.113. The molecular weight excluding hydrogens is 478 g/mol. The molecule has 0 saturated carbocycles. The summed E-state index contributed by atoms with van der Waals surface area (Å²) in [5.74, 6) is 0.931. The summed E-state index contributed by atoms with van der Waals surface area (Å²) >= 11 is 0. The summed E-state index contributed by atoms with van der Waals surface area (Å²) in [6, 6.07) is 13.5.